The minimum atomic E-state index is 0.277. The highest BCUT2D eigenvalue weighted by atomic mass is 32.1. The lowest BCUT2D eigenvalue weighted by atomic mass is 10.1. The number of rotatable bonds is 4. The highest BCUT2D eigenvalue weighted by Gasteiger charge is 2.29. The van der Waals surface area contributed by atoms with Gasteiger partial charge in [-0.25, -0.2) is 0 Å². The molecule has 0 unspecified atom stereocenters. The van der Waals surface area contributed by atoms with Crippen molar-refractivity contribution in [2.45, 2.75) is 45.7 Å². The zero-order valence-corrected chi connectivity index (χ0v) is 14.1. The van der Waals surface area contributed by atoms with Crippen molar-refractivity contribution < 1.29 is 4.79 Å². The van der Waals surface area contributed by atoms with Crippen LogP contribution in [-0.2, 0) is 13.0 Å². The third kappa shape index (κ3) is 2.44. The minimum absolute atomic E-state index is 0.277. The Bertz CT molecular complexity index is 724. The molecular weight excluding hydrogens is 292 g/mol. The molecule has 0 radical (unpaired) electrons. The van der Waals surface area contributed by atoms with Crippen LogP contribution in [0.1, 0.15) is 51.1 Å². The Labute approximate surface area is 135 Å². The van der Waals surface area contributed by atoms with Gasteiger partial charge in [-0.1, -0.05) is 0 Å². The lowest BCUT2D eigenvalue weighted by Crippen LogP contribution is -2.34. The third-order valence-corrected chi connectivity index (χ3v) is 5.97. The first-order chi connectivity index (χ1) is 10.6. The summed E-state index contributed by atoms with van der Waals surface area (Å²) < 4.78 is 2.36. The van der Waals surface area contributed by atoms with Crippen LogP contribution >= 0.6 is 11.3 Å². The van der Waals surface area contributed by atoms with E-state index in [0.29, 0.717) is 12.6 Å². The summed E-state index contributed by atoms with van der Waals surface area (Å²) in [6.45, 7) is 6.70. The van der Waals surface area contributed by atoms with Crippen LogP contribution in [-0.4, -0.2) is 28.3 Å². The van der Waals surface area contributed by atoms with Gasteiger partial charge in [-0.2, -0.15) is 0 Å². The first-order valence-corrected chi connectivity index (χ1v) is 9.00. The molecule has 0 saturated heterocycles. The predicted octanol–water partition coefficient (Wildman–Crippen LogP) is 3.74. The van der Waals surface area contributed by atoms with Crippen molar-refractivity contribution in [3.05, 3.63) is 44.9 Å². The standard InChI is InChI=1S/C18H22N2OS/c1-12-9-16(13(2)20(12)15-3-4-15)17(21)11-19-7-5-18-14(10-19)6-8-22-18/h6,8-9,15H,3-5,7,10-11H2,1-2H3. The van der Waals surface area contributed by atoms with Crippen molar-refractivity contribution in [2.24, 2.45) is 0 Å². The third-order valence-electron chi connectivity index (χ3n) is 4.95. The minimum Gasteiger partial charge on any atom is -0.345 e. The lowest BCUT2D eigenvalue weighted by Gasteiger charge is -2.26. The fraction of sp³-hybridized carbons (Fsp3) is 0.500. The van der Waals surface area contributed by atoms with Crippen LogP contribution in [0.15, 0.2) is 17.5 Å². The quantitative estimate of drug-likeness (QED) is 0.803. The molecule has 0 amide bonds. The second-order valence-electron chi connectivity index (χ2n) is 6.64. The molecule has 0 aromatic carbocycles. The monoisotopic (exact) mass is 314 g/mol. The summed E-state index contributed by atoms with van der Waals surface area (Å²) in [5.74, 6) is 0.277. The Morgan fingerprint density at radius 2 is 2.18 bits per heavy atom. The molecule has 1 saturated carbocycles. The van der Waals surface area contributed by atoms with Crippen LogP contribution in [0.3, 0.4) is 0 Å². The maximum absolute atomic E-state index is 12.7. The second-order valence-corrected chi connectivity index (χ2v) is 7.64. The van der Waals surface area contributed by atoms with Crippen molar-refractivity contribution in [1.29, 1.82) is 0 Å². The van der Waals surface area contributed by atoms with E-state index < -0.39 is 0 Å². The van der Waals surface area contributed by atoms with Gasteiger partial charge in [0.1, 0.15) is 0 Å². The van der Waals surface area contributed by atoms with Crippen molar-refractivity contribution in [3.8, 4) is 0 Å². The molecule has 0 N–H and O–H groups in total. The van der Waals surface area contributed by atoms with E-state index in [1.807, 2.05) is 11.3 Å². The average molecular weight is 314 g/mol. The Kier molecular flexibility index (Phi) is 3.46. The SMILES string of the molecule is Cc1cc(C(=O)CN2CCc3sccc3C2)c(C)n1C1CC1. The first-order valence-electron chi connectivity index (χ1n) is 8.12. The Morgan fingerprint density at radius 1 is 1.36 bits per heavy atom. The van der Waals surface area contributed by atoms with Gasteiger partial charge in [0.15, 0.2) is 5.78 Å². The topological polar surface area (TPSA) is 25.2 Å². The number of aryl methyl sites for hydroxylation is 1. The lowest BCUT2D eigenvalue weighted by molar-refractivity contribution is 0.0921. The van der Waals surface area contributed by atoms with Crippen LogP contribution < -0.4 is 0 Å². The molecule has 0 bridgehead atoms. The largest absolute Gasteiger partial charge is 0.345 e. The molecule has 4 rings (SSSR count). The number of nitrogens with zero attached hydrogens (tertiary/aromatic N) is 2. The van der Waals surface area contributed by atoms with E-state index in [9.17, 15) is 4.79 Å². The van der Waals surface area contributed by atoms with E-state index in [2.05, 4.69) is 40.8 Å². The normalized spacial score (nSPS) is 18.5. The van der Waals surface area contributed by atoms with Gasteiger partial charge in [-0.15, -0.1) is 11.3 Å². The van der Waals surface area contributed by atoms with Crippen molar-refractivity contribution in [1.82, 2.24) is 9.47 Å². The predicted molar refractivity (Wildman–Crippen MR) is 89.8 cm³/mol. The zero-order valence-electron chi connectivity index (χ0n) is 13.3. The van der Waals surface area contributed by atoms with E-state index in [0.717, 1.165) is 25.1 Å². The molecule has 1 aliphatic heterocycles. The number of thiophene rings is 1. The van der Waals surface area contributed by atoms with E-state index in [-0.39, 0.29) is 5.78 Å². The summed E-state index contributed by atoms with van der Waals surface area (Å²) in [5, 5.41) is 2.17. The van der Waals surface area contributed by atoms with Gasteiger partial charge in [0.05, 0.1) is 6.54 Å². The number of carbonyl (C=O) groups is 1. The Balaban J connectivity index is 1.50. The molecule has 3 nitrogen and oxygen atoms in total. The molecule has 2 aromatic rings. The smallest absolute Gasteiger partial charge is 0.178 e. The average Bonchev–Trinajstić information content (AvgIpc) is 3.12. The molecule has 2 aromatic heterocycles. The van der Waals surface area contributed by atoms with Crippen molar-refractivity contribution >= 4 is 17.1 Å². The maximum atomic E-state index is 12.7. The number of Topliss-reactive ketones (excluding diaryl/α,β-unsaturated/α-hetero) is 1. The summed E-state index contributed by atoms with van der Waals surface area (Å²) in [6, 6.07) is 4.94. The van der Waals surface area contributed by atoms with Crippen LogP contribution in [0.5, 0.6) is 0 Å². The van der Waals surface area contributed by atoms with Gasteiger partial charge in [0.25, 0.3) is 0 Å². The summed E-state index contributed by atoms with van der Waals surface area (Å²) in [7, 11) is 0. The van der Waals surface area contributed by atoms with Crippen LogP contribution in [0.25, 0.3) is 0 Å². The van der Waals surface area contributed by atoms with Crippen LogP contribution in [0.2, 0.25) is 0 Å². The molecule has 1 fully saturated rings. The highest BCUT2D eigenvalue weighted by molar-refractivity contribution is 7.10. The number of carbonyl (C=O) groups excluding carboxylic acids is 1. The molecule has 0 spiro atoms. The van der Waals surface area contributed by atoms with Gasteiger partial charge in [0.2, 0.25) is 0 Å². The number of hydrogen-bond donors (Lipinski definition) is 0. The first kappa shape index (κ1) is 14.2. The summed E-state index contributed by atoms with van der Waals surface area (Å²) >= 11 is 1.85. The summed E-state index contributed by atoms with van der Waals surface area (Å²) in [4.78, 5) is 16.5. The fourth-order valence-corrected chi connectivity index (χ4v) is 4.57. The van der Waals surface area contributed by atoms with Gasteiger partial charge in [0, 0.05) is 41.0 Å². The van der Waals surface area contributed by atoms with E-state index in [4.69, 9.17) is 0 Å². The van der Waals surface area contributed by atoms with Gasteiger partial charge in [-0.05, 0) is 56.2 Å². The van der Waals surface area contributed by atoms with Gasteiger partial charge < -0.3 is 4.57 Å². The van der Waals surface area contributed by atoms with Gasteiger partial charge >= 0.3 is 0 Å². The van der Waals surface area contributed by atoms with E-state index in [1.54, 1.807) is 0 Å². The molecule has 1 aliphatic carbocycles. The van der Waals surface area contributed by atoms with Crippen LogP contribution in [0, 0.1) is 13.8 Å². The van der Waals surface area contributed by atoms with E-state index in [1.165, 1.54) is 34.7 Å². The number of aromatic nitrogens is 1. The Hall–Kier alpha value is -1.39. The number of ketones is 1. The summed E-state index contributed by atoms with van der Waals surface area (Å²) in [6.07, 6.45) is 3.61. The van der Waals surface area contributed by atoms with Gasteiger partial charge in [-0.3, -0.25) is 9.69 Å². The maximum Gasteiger partial charge on any atom is 0.178 e. The fourth-order valence-electron chi connectivity index (χ4n) is 3.68. The molecule has 116 valence electrons. The second kappa shape index (κ2) is 5.36. The molecule has 2 aliphatic rings. The molecule has 4 heteroatoms. The molecule has 0 atom stereocenters. The van der Waals surface area contributed by atoms with Crippen molar-refractivity contribution in [3.63, 3.8) is 0 Å². The highest BCUT2D eigenvalue weighted by Crippen LogP contribution is 2.38. The molecule has 22 heavy (non-hydrogen) atoms. The Morgan fingerprint density at radius 3 is 2.95 bits per heavy atom. The van der Waals surface area contributed by atoms with E-state index >= 15 is 0 Å². The van der Waals surface area contributed by atoms with Crippen LogP contribution in [0.4, 0.5) is 0 Å². The van der Waals surface area contributed by atoms with Crippen molar-refractivity contribution in [2.75, 3.05) is 13.1 Å². The summed E-state index contributed by atoms with van der Waals surface area (Å²) in [5.41, 5.74) is 4.74. The molecular formula is C18H22N2OS. The number of fused-ring (bicyclic) bond motifs is 1. The molecule has 3 heterocycles. The number of hydrogen-bond acceptors (Lipinski definition) is 3. The zero-order chi connectivity index (χ0) is 15.3.